The summed E-state index contributed by atoms with van der Waals surface area (Å²) in [4.78, 5) is 0. The minimum atomic E-state index is 0.133. The van der Waals surface area contributed by atoms with Crippen LogP contribution < -0.4 is 0 Å². The van der Waals surface area contributed by atoms with Crippen LogP contribution in [-0.2, 0) is 4.75 Å². The minimum Gasteiger partial charge on any atom is -0.192 e. The second-order valence-corrected chi connectivity index (χ2v) is 4.83. The van der Waals surface area contributed by atoms with E-state index in [2.05, 4.69) is 26.2 Å². The molecule has 0 saturated carbocycles. The molecule has 0 aliphatic carbocycles. The van der Waals surface area contributed by atoms with Crippen LogP contribution in [0.2, 0.25) is 0 Å². The number of hydrogen-bond acceptors (Lipinski definition) is 2. The first-order chi connectivity index (χ1) is 6.10. The molecule has 1 nitrogen and oxygen atoms in total. The number of rotatable bonds is 2. The molecule has 0 N–H and O–H groups in total. The molecule has 1 aromatic rings. The van der Waals surface area contributed by atoms with Crippen molar-refractivity contribution in [2.75, 3.05) is 6.26 Å². The van der Waals surface area contributed by atoms with Gasteiger partial charge in [0.2, 0.25) is 0 Å². The van der Waals surface area contributed by atoms with Crippen molar-refractivity contribution >= 4 is 11.8 Å². The van der Waals surface area contributed by atoms with Crippen molar-refractivity contribution in [3.8, 4) is 6.07 Å². The van der Waals surface area contributed by atoms with Crippen molar-refractivity contribution in [3.63, 3.8) is 0 Å². The standard InChI is InChI=1S/C11H13NS/c1-11(2,13-3)10-6-4-9(8-12)5-7-10/h4-7H,1-3H3. The minimum absolute atomic E-state index is 0.133. The van der Waals surface area contributed by atoms with E-state index in [0.717, 1.165) is 5.56 Å². The molecule has 1 rings (SSSR count). The number of benzene rings is 1. The van der Waals surface area contributed by atoms with Crippen LogP contribution in [0.15, 0.2) is 24.3 Å². The van der Waals surface area contributed by atoms with E-state index < -0.39 is 0 Å². The average Bonchev–Trinajstić information content (AvgIpc) is 2.18. The molecule has 0 spiro atoms. The number of thioether (sulfide) groups is 1. The summed E-state index contributed by atoms with van der Waals surface area (Å²) < 4.78 is 0.133. The van der Waals surface area contributed by atoms with Crippen LogP contribution in [0.25, 0.3) is 0 Å². The van der Waals surface area contributed by atoms with Gasteiger partial charge in [-0.1, -0.05) is 12.1 Å². The molecule has 2 heteroatoms. The van der Waals surface area contributed by atoms with E-state index >= 15 is 0 Å². The first kappa shape index (κ1) is 10.1. The predicted molar refractivity (Wildman–Crippen MR) is 57.7 cm³/mol. The smallest absolute Gasteiger partial charge is 0.0991 e. The summed E-state index contributed by atoms with van der Waals surface area (Å²) in [5, 5.41) is 8.63. The van der Waals surface area contributed by atoms with Gasteiger partial charge in [-0.05, 0) is 37.8 Å². The van der Waals surface area contributed by atoms with E-state index in [0.29, 0.717) is 0 Å². The third kappa shape index (κ3) is 2.26. The van der Waals surface area contributed by atoms with Gasteiger partial charge >= 0.3 is 0 Å². The third-order valence-electron chi connectivity index (χ3n) is 2.22. The molecular formula is C11H13NS. The summed E-state index contributed by atoms with van der Waals surface area (Å²) in [5.74, 6) is 0. The van der Waals surface area contributed by atoms with E-state index in [4.69, 9.17) is 5.26 Å². The lowest BCUT2D eigenvalue weighted by atomic mass is 10.0. The Hall–Kier alpha value is -0.940. The van der Waals surface area contributed by atoms with Gasteiger partial charge in [-0.2, -0.15) is 17.0 Å². The van der Waals surface area contributed by atoms with Crippen molar-refractivity contribution in [2.24, 2.45) is 0 Å². The Morgan fingerprint density at radius 2 is 1.77 bits per heavy atom. The Morgan fingerprint density at radius 3 is 2.15 bits per heavy atom. The maximum absolute atomic E-state index is 8.63. The van der Waals surface area contributed by atoms with Crippen molar-refractivity contribution in [1.82, 2.24) is 0 Å². The first-order valence-electron chi connectivity index (χ1n) is 4.16. The largest absolute Gasteiger partial charge is 0.192 e. The molecule has 1 aromatic carbocycles. The SMILES string of the molecule is CSC(C)(C)c1ccc(C#N)cc1. The molecule has 0 amide bonds. The first-order valence-corrected chi connectivity index (χ1v) is 5.38. The Labute approximate surface area is 83.8 Å². The molecule has 13 heavy (non-hydrogen) atoms. The van der Waals surface area contributed by atoms with Crippen molar-refractivity contribution in [3.05, 3.63) is 35.4 Å². The number of hydrogen-bond donors (Lipinski definition) is 0. The van der Waals surface area contributed by atoms with E-state index in [1.807, 2.05) is 36.0 Å². The van der Waals surface area contributed by atoms with Gasteiger partial charge in [0.05, 0.1) is 11.6 Å². The van der Waals surface area contributed by atoms with E-state index in [1.54, 1.807) is 0 Å². The second-order valence-electron chi connectivity index (χ2n) is 3.40. The molecule has 0 heterocycles. The summed E-state index contributed by atoms with van der Waals surface area (Å²) in [6.07, 6.45) is 2.10. The summed E-state index contributed by atoms with van der Waals surface area (Å²) in [5.41, 5.74) is 1.99. The van der Waals surface area contributed by atoms with Crippen LogP contribution in [0.3, 0.4) is 0 Å². The molecule has 0 aliphatic heterocycles. The molecule has 0 unspecified atom stereocenters. The molecule has 0 saturated heterocycles. The zero-order valence-electron chi connectivity index (χ0n) is 8.16. The molecule has 0 fully saturated rings. The van der Waals surface area contributed by atoms with Crippen molar-refractivity contribution < 1.29 is 0 Å². The van der Waals surface area contributed by atoms with E-state index in [-0.39, 0.29) is 4.75 Å². The van der Waals surface area contributed by atoms with Crippen molar-refractivity contribution in [1.29, 1.82) is 5.26 Å². The van der Waals surface area contributed by atoms with Gasteiger partial charge in [0.25, 0.3) is 0 Å². The molecule has 0 bridgehead atoms. The summed E-state index contributed by atoms with van der Waals surface area (Å²) in [7, 11) is 0. The monoisotopic (exact) mass is 191 g/mol. The normalized spacial score (nSPS) is 10.9. The fraction of sp³-hybridized carbons (Fsp3) is 0.364. The van der Waals surface area contributed by atoms with Gasteiger partial charge in [0, 0.05) is 4.75 Å². The van der Waals surface area contributed by atoms with E-state index in [9.17, 15) is 0 Å². The lowest BCUT2D eigenvalue weighted by Crippen LogP contribution is -2.10. The quantitative estimate of drug-likeness (QED) is 0.717. The zero-order chi connectivity index (χ0) is 9.90. The third-order valence-corrected chi connectivity index (χ3v) is 3.48. The van der Waals surface area contributed by atoms with Gasteiger partial charge in [-0.3, -0.25) is 0 Å². The molecule has 0 aromatic heterocycles. The topological polar surface area (TPSA) is 23.8 Å². The highest BCUT2D eigenvalue weighted by Gasteiger charge is 2.17. The lowest BCUT2D eigenvalue weighted by molar-refractivity contribution is 0.785. The van der Waals surface area contributed by atoms with Gasteiger partial charge < -0.3 is 0 Å². The molecule has 0 atom stereocenters. The lowest BCUT2D eigenvalue weighted by Gasteiger charge is -2.22. The molecule has 0 radical (unpaired) electrons. The summed E-state index contributed by atoms with van der Waals surface area (Å²) in [6.45, 7) is 4.36. The van der Waals surface area contributed by atoms with Crippen LogP contribution in [0, 0.1) is 11.3 Å². The maximum Gasteiger partial charge on any atom is 0.0991 e. The summed E-state index contributed by atoms with van der Waals surface area (Å²) >= 11 is 1.81. The average molecular weight is 191 g/mol. The number of nitriles is 1. The maximum atomic E-state index is 8.63. The van der Waals surface area contributed by atoms with Gasteiger partial charge in [0.15, 0.2) is 0 Å². The van der Waals surface area contributed by atoms with E-state index in [1.165, 1.54) is 5.56 Å². The van der Waals surface area contributed by atoms with Gasteiger partial charge in [0.1, 0.15) is 0 Å². The van der Waals surface area contributed by atoms with Crippen LogP contribution in [0.5, 0.6) is 0 Å². The second kappa shape index (κ2) is 3.85. The Bertz CT molecular complexity index is 319. The molecule has 68 valence electrons. The Morgan fingerprint density at radius 1 is 1.23 bits per heavy atom. The van der Waals surface area contributed by atoms with Crippen molar-refractivity contribution in [2.45, 2.75) is 18.6 Å². The highest BCUT2D eigenvalue weighted by atomic mass is 32.2. The van der Waals surface area contributed by atoms with Crippen LogP contribution in [0.1, 0.15) is 25.0 Å². The fourth-order valence-corrected chi connectivity index (χ4v) is 1.44. The van der Waals surface area contributed by atoms with Crippen LogP contribution in [-0.4, -0.2) is 6.26 Å². The zero-order valence-corrected chi connectivity index (χ0v) is 8.98. The predicted octanol–water partition coefficient (Wildman–Crippen LogP) is 3.16. The van der Waals surface area contributed by atoms with Gasteiger partial charge in [-0.15, -0.1) is 0 Å². The highest BCUT2D eigenvalue weighted by Crippen LogP contribution is 2.33. The van der Waals surface area contributed by atoms with Crippen LogP contribution >= 0.6 is 11.8 Å². The Balaban J connectivity index is 3.00. The fourth-order valence-electron chi connectivity index (χ4n) is 1.06. The van der Waals surface area contributed by atoms with Gasteiger partial charge in [-0.25, -0.2) is 0 Å². The Kier molecular flexibility index (Phi) is 3.00. The number of nitrogens with zero attached hydrogens (tertiary/aromatic N) is 1. The highest BCUT2D eigenvalue weighted by molar-refractivity contribution is 7.99. The molecular weight excluding hydrogens is 178 g/mol. The summed E-state index contributed by atoms with van der Waals surface area (Å²) in [6, 6.07) is 9.90. The van der Waals surface area contributed by atoms with Crippen LogP contribution in [0.4, 0.5) is 0 Å². The molecule has 0 aliphatic rings.